The number of aliphatic hydroxyl groups is 1. The number of aliphatic hydroxyl groups excluding tert-OH is 1. The normalized spacial score (nSPS) is 9.41. The fourth-order valence-electron chi connectivity index (χ4n) is 0.558. The van der Waals surface area contributed by atoms with E-state index in [9.17, 15) is 9.59 Å². The molecule has 17 heavy (non-hydrogen) atoms. The average molecular weight is 270 g/mol. The number of nitrogens with zero attached hydrogens (tertiary/aromatic N) is 1. The second kappa shape index (κ2) is 10.1. The van der Waals surface area contributed by atoms with Gasteiger partial charge in [-0.15, -0.1) is 0 Å². The van der Waals surface area contributed by atoms with Crippen molar-refractivity contribution >= 4 is 11.9 Å². The molecule has 7 heteroatoms. The monoisotopic (exact) mass is 269 g/mol. The minimum atomic E-state index is -1.27. The Labute approximate surface area is 107 Å². The highest BCUT2D eigenvalue weighted by Crippen LogP contribution is 1.95. The number of aliphatic carboxylic acids is 2. The molecule has 0 unspecified atom stereocenters. The van der Waals surface area contributed by atoms with E-state index in [1.54, 1.807) is 0 Å². The quantitative estimate of drug-likeness (QED) is 0.361. The minimum Gasteiger partial charge on any atom is -1.00 e. The highest BCUT2D eigenvalue weighted by Gasteiger charge is 2.07. The van der Waals surface area contributed by atoms with Gasteiger partial charge in [0.05, 0.1) is 34.2 Å². The molecule has 0 bridgehead atoms. The van der Waals surface area contributed by atoms with Gasteiger partial charge in [0.25, 0.3) is 0 Å². The molecular weight excluding hydrogens is 250 g/mol. The molecule has 0 aliphatic rings. The molecule has 0 saturated heterocycles. The predicted octanol–water partition coefficient (Wildman–Crippen LogP) is -3.21. The van der Waals surface area contributed by atoms with E-state index in [1.165, 1.54) is 0 Å². The van der Waals surface area contributed by atoms with E-state index in [0.29, 0.717) is 0 Å². The molecule has 0 amide bonds. The topological polar surface area (TPSA) is 94.8 Å². The van der Waals surface area contributed by atoms with Gasteiger partial charge in [-0.1, -0.05) is 6.58 Å². The predicted molar refractivity (Wildman–Crippen MR) is 59.0 cm³/mol. The highest BCUT2D eigenvalue weighted by atomic mass is 35.5. The van der Waals surface area contributed by atoms with Crippen molar-refractivity contribution in [2.75, 3.05) is 34.3 Å². The zero-order valence-electron chi connectivity index (χ0n) is 10.3. The number of rotatable bonds is 5. The molecule has 6 nitrogen and oxygen atoms in total. The smallest absolute Gasteiger partial charge is 0.331 e. The number of hydrogen-bond donors (Lipinski definition) is 3. The highest BCUT2D eigenvalue weighted by molar-refractivity contribution is 5.91. The summed E-state index contributed by atoms with van der Waals surface area (Å²) in [7, 11) is 6.16. The Morgan fingerprint density at radius 3 is 1.65 bits per heavy atom. The second-order valence-corrected chi connectivity index (χ2v) is 4.22. The van der Waals surface area contributed by atoms with Crippen LogP contribution in [0.3, 0.4) is 0 Å². The Hall–Kier alpha value is -1.11. The number of likely N-dealkylation sites (N-methyl/N-ethyl adjacent to an activating group) is 1. The van der Waals surface area contributed by atoms with Crippen LogP contribution in [-0.4, -0.2) is 66.0 Å². The van der Waals surface area contributed by atoms with Crippen molar-refractivity contribution in [1.29, 1.82) is 0 Å². The number of quaternary nitrogens is 1. The van der Waals surface area contributed by atoms with Crippen LogP contribution in [0.1, 0.15) is 6.42 Å². The molecule has 0 aliphatic carbocycles. The lowest BCUT2D eigenvalue weighted by Gasteiger charge is -2.21. The molecule has 0 rings (SSSR count). The van der Waals surface area contributed by atoms with Gasteiger partial charge in [-0.2, -0.15) is 0 Å². The zero-order chi connectivity index (χ0) is 13.4. The van der Waals surface area contributed by atoms with Crippen molar-refractivity contribution in [2.24, 2.45) is 0 Å². The lowest BCUT2D eigenvalue weighted by atomic mass is 10.2. The fourth-order valence-corrected chi connectivity index (χ4v) is 0.558. The van der Waals surface area contributed by atoms with E-state index in [-0.39, 0.29) is 24.6 Å². The first-order valence-electron chi connectivity index (χ1n) is 4.64. The maximum Gasteiger partial charge on any atom is 0.331 e. The van der Waals surface area contributed by atoms with Crippen LogP contribution in [0.25, 0.3) is 0 Å². The summed E-state index contributed by atoms with van der Waals surface area (Å²) in [4.78, 5) is 19.7. The van der Waals surface area contributed by atoms with Crippen molar-refractivity contribution in [3.63, 3.8) is 0 Å². The minimum absolute atomic E-state index is 0. The van der Waals surface area contributed by atoms with Crippen LogP contribution >= 0.6 is 0 Å². The number of carbonyl (C=O) groups is 2. The number of carboxylic acids is 2. The summed E-state index contributed by atoms with van der Waals surface area (Å²) < 4.78 is 0.844. The Kier molecular flexibility index (Phi) is 12.6. The standard InChI is InChI=1S/C5H14NO.C5H6O4.ClH/c1-6(2,3)4-5-7;1-3(5(8)9)2-4(6)7;/h7H,4-5H2,1-3H3;1-2H2,(H,6,7)(H,8,9);1H/q+1;;/p-1. The van der Waals surface area contributed by atoms with Crippen LogP contribution in [0.4, 0.5) is 0 Å². The fraction of sp³-hybridized carbons (Fsp3) is 0.600. The van der Waals surface area contributed by atoms with Gasteiger partial charge in [0.2, 0.25) is 0 Å². The molecule has 0 aromatic heterocycles. The summed E-state index contributed by atoms with van der Waals surface area (Å²) in [6.07, 6.45) is -0.505. The van der Waals surface area contributed by atoms with Crippen LogP contribution in [0.15, 0.2) is 12.2 Å². The third-order valence-corrected chi connectivity index (χ3v) is 1.44. The Bertz CT molecular complexity index is 260. The van der Waals surface area contributed by atoms with Gasteiger partial charge in [-0.25, -0.2) is 4.79 Å². The van der Waals surface area contributed by atoms with Crippen molar-refractivity contribution in [3.05, 3.63) is 12.2 Å². The molecule has 0 fully saturated rings. The van der Waals surface area contributed by atoms with E-state index in [1.807, 2.05) is 0 Å². The first-order valence-corrected chi connectivity index (χ1v) is 4.64. The van der Waals surface area contributed by atoms with Crippen LogP contribution in [0, 0.1) is 0 Å². The van der Waals surface area contributed by atoms with Crippen molar-refractivity contribution in [1.82, 2.24) is 0 Å². The lowest BCUT2D eigenvalue weighted by molar-refractivity contribution is -0.870. The molecule has 0 aromatic rings. The van der Waals surface area contributed by atoms with Gasteiger partial charge < -0.3 is 32.2 Å². The molecule has 0 heterocycles. The van der Waals surface area contributed by atoms with Crippen molar-refractivity contribution in [3.8, 4) is 0 Å². The van der Waals surface area contributed by atoms with E-state index < -0.39 is 18.4 Å². The summed E-state index contributed by atoms with van der Waals surface area (Å²) >= 11 is 0. The molecule has 0 aromatic carbocycles. The number of halogens is 1. The van der Waals surface area contributed by atoms with Gasteiger partial charge >= 0.3 is 11.9 Å². The maximum absolute atomic E-state index is 9.87. The maximum atomic E-state index is 9.87. The molecule has 3 N–H and O–H groups in total. The molecular formula is C10H20ClNO5. The van der Waals surface area contributed by atoms with E-state index >= 15 is 0 Å². The Morgan fingerprint density at radius 1 is 1.18 bits per heavy atom. The van der Waals surface area contributed by atoms with E-state index in [0.717, 1.165) is 11.0 Å². The van der Waals surface area contributed by atoms with Gasteiger partial charge in [-0.05, 0) is 0 Å². The average Bonchev–Trinajstić information content (AvgIpc) is 2.01. The third kappa shape index (κ3) is 20.9. The molecule has 0 saturated carbocycles. The molecule has 102 valence electrons. The van der Waals surface area contributed by atoms with Gasteiger partial charge in [0, 0.05) is 5.57 Å². The largest absolute Gasteiger partial charge is 1.00 e. The van der Waals surface area contributed by atoms with Crippen LogP contribution in [-0.2, 0) is 9.59 Å². The molecule has 0 aliphatic heterocycles. The van der Waals surface area contributed by atoms with E-state index in [4.69, 9.17) is 15.3 Å². The number of hydrogen-bond acceptors (Lipinski definition) is 3. The van der Waals surface area contributed by atoms with Gasteiger partial charge in [0.15, 0.2) is 0 Å². The Morgan fingerprint density at radius 2 is 1.59 bits per heavy atom. The summed E-state index contributed by atoms with van der Waals surface area (Å²) in [6, 6.07) is 0. The molecule has 0 radical (unpaired) electrons. The number of carboxylic acid groups (broad SMARTS) is 2. The van der Waals surface area contributed by atoms with Crippen molar-refractivity contribution in [2.45, 2.75) is 6.42 Å². The second-order valence-electron chi connectivity index (χ2n) is 4.22. The van der Waals surface area contributed by atoms with Crippen LogP contribution < -0.4 is 12.4 Å². The summed E-state index contributed by atoms with van der Waals surface area (Å²) in [6.45, 7) is 4.13. The lowest BCUT2D eigenvalue weighted by Crippen LogP contribution is -3.00. The van der Waals surface area contributed by atoms with Crippen LogP contribution in [0.2, 0.25) is 0 Å². The first kappa shape index (κ1) is 21.2. The summed E-state index contributed by atoms with van der Waals surface area (Å²) in [5.41, 5.74) is -0.303. The molecule has 0 spiro atoms. The third-order valence-electron chi connectivity index (χ3n) is 1.44. The van der Waals surface area contributed by atoms with Gasteiger partial charge in [0.1, 0.15) is 6.54 Å². The zero-order valence-corrected chi connectivity index (χ0v) is 11.1. The first-order chi connectivity index (χ1) is 7.10. The summed E-state index contributed by atoms with van der Waals surface area (Å²) in [5.74, 6) is -2.44. The van der Waals surface area contributed by atoms with Crippen molar-refractivity contribution < 1.29 is 41.8 Å². The SMILES string of the molecule is C=C(CC(=O)O)C(=O)O.C[N+](C)(C)CCO.[Cl-]. The molecule has 0 atom stereocenters. The summed E-state index contributed by atoms with van der Waals surface area (Å²) in [5, 5.41) is 24.5. The van der Waals surface area contributed by atoms with Crippen LogP contribution in [0.5, 0.6) is 0 Å². The Balaban J connectivity index is -0.000000224. The van der Waals surface area contributed by atoms with Gasteiger partial charge in [-0.3, -0.25) is 4.79 Å². The van der Waals surface area contributed by atoms with E-state index in [2.05, 4.69) is 27.7 Å².